The van der Waals surface area contributed by atoms with E-state index in [1.807, 2.05) is 12.1 Å². The van der Waals surface area contributed by atoms with E-state index in [4.69, 9.17) is 4.74 Å². The van der Waals surface area contributed by atoms with Crippen LogP contribution < -0.4 is 4.74 Å². The van der Waals surface area contributed by atoms with Gasteiger partial charge in [0.05, 0.1) is 7.11 Å². The lowest BCUT2D eigenvalue weighted by Crippen LogP contribution is -2.31. The number of hydrogen-bond acceptors (Lipinski definition) is 2. The number of phenolic OH excluding ortho intramolecular Hbond substituents is 1. The number of fused-ring (bicyclic) bond motifs is 2. The van der Waals surface area contributed by atoms with Crippen molar-refractivity contribution in [2.24, 2.45) is 16.7 Å². The number of aromatic hydroxyl groups is 1. The first-order valence-corrected chi connectivity index (χ1v) is 7.27. The second-order valence-electron chi connectivity index (χ2n) is 7.06. The summed E-state index contributed by atoms with van der Waals surface area (Å²) in [4.78, 5) is 0. The zero-order valence-corrected chi connectivity index (χ0v) is 12.4. The first kappa shape index (κ1) is 12.8. The Kier molecular flexibility index (Phi) is 2.64. The summed E-state index contributed by atoms with van der Waals surface area (Å²) >= 11 is 0. The fourth-order valence-corrected chi connectivity index (χ4v) is 4.66. The molecule has 0 radical (unpaired) electrons. The average molecular weight is 260 g/mol. The fraction of sp³-hybridized carbons (Fsp3) is 0.647. The Labute approximate surface area is 115 Å². The maximum absolute atomic E-state index is 10.4. The van der Waals surface area contributed by atoms with Crippen LogP contribution in [0.5, 0.6) is 11.5 Å². The highest BCUT2D eigenvalue weighted by atomic mass is 16.5. The molecule has 0 aliphatic heterocycles. The summed E-state index contributed by atoms with van der Waals surface area (Å²) in [5, 5.41) is 10.4. The summed E-state index contributed by atoms with van der Waals surface area (Å²) in [6.45, 7) is 7.22. The van der Waals surface area contributed by atoms with Gasteiger partial charge in [0, 0.05) is 5.56 Å². The molecule has 0 unspecified atom stereocenters. The predicted octanol–water partition coefficient (Wildman–Crippen LogP) is 4.33. The highest BCUT2D eigenvalue weighted by Gasteiger charge is 2.61. The number of para-hydroxylation sites is 1. The molecule has 1 aromatic carbocycles. The maximum atomic E-state index is 10.4. The van der Waals surface area contributed by atoms with Gasteiger partial charge in [-0.05, 0) is 48.0 Å². The van der Waals surface area contributed by atoms with Gasteiger partial charge in [-0.2, -0.15) is 0 Å². The quantitative estimate of drug-likeness (QED) is 0.857. The highest BCUT2D eigenvalue weighted by molar-refractivity contribution is 5.48. The standard InChI is InChI=1S/C17H24O2/c1-16(2)11-8-9-17(16,3)13(10-11)12-6-5-7-14(19-4)15(12)18/h5-7,11,13,18H,8-10H2,1-4H3/t11-,13-,17+/m1/s1. The van der Waals surface area contributed by atoms with Gasteiger partial charge >= 0.3 is 0 Å². The Morgan fingerprint density at radius 3 is 2.53 bits per heavy atom. The highest BCUT2D eigenvalue weighted by Crippen LogP contribution is 2.71. The minimum atomic E-state index is 0.293. The number of rotatable bonds is 2. The number of benzene rings is 1. The Balaban J connectivity index is 2.06. The first-order chi connectivity index (χ1) is 8.91. The molecule has 0 spiro atoms. The molecule has 2 heteroatoms. The number of methoxy groups -OCH3 is 1. The van der Waals surface area contributed by atoms with Crippen molar-refractivity contribution in [3.63, 3.8) is 0 Å². The molecule has 0 heterocycles. The lowest BCUT2D eigenvalue weighted by Gasteiger charge is -2.39. The summed E-state index contributed by atoms with van der Waals surface area (Å²) in [6, 6.07) is 5.90. The largest absolute Gasteiger partial charge is 0.504 e. The minimum absolute atomic E-state index is 0.293. The molecule has 2 aliphatic rings. The van der Waals surface area contributed by atoms with Crippen LogP contribution in [0, 0.1) is 16.7 Å². The third kappa shape index (κ3) is 1.49. The van der Waals surface area contributed by atoms with Crippen LogP contribution >= 0.6 is 0 Å². The van der Waals surface area contributed by atoms with Crippen LogP contribution in [0.2, 0.25) is 0 Å². The van der Waals surface area contributed by atoms with E-state index in [9.17, 15) is 5.11 Å². The molecule has 3 atom stereocenters. The summed E-state index contributed by atoms with van der Waals surface area (Å²) in [5.41, 5.74) is 1.74. The zero-order chi connectivity index (χ0) is 13.8. The van der Waals surface area contributed by atoms with Crippen molar-refractivity contribution in [1.29, 1.82) is 0 Å². The molecule has 0 amide bonds. The molecule has 104 valence electrons. The molecular formula is C17H24O2. The SMILES string of the molecule is COc1cccc([C@H]2C[C@H]3CC[C@]2(C)C3(C)C)c1O. The van der Waals surface area contributed by atoms with Crippen LogP contribution in [0.25, 0.3) is 0 Å². The van der Waals surface area contributed by atoms with E-state index in [0.29, 0.717) is 28.2 Å². The van der Waals surface area contributed by atoms with E-state index in [-0.39, 0.29) is 0 Å². The van der Waals surface area contributed by atoms with Gasteiger partial charge in [-0.15, -0.1) is 0 Å². The normalized spacial score (nSPS) is 35.6. The molecule has 19 heavy (non-hydrogen) atoms. The maximum Gasteiger partial charge on any atom is 0.161 e. The Bertz CT molecular complexity index is 506. The van der Waals surface area contributed by atoms with Crippen molar-refractivity contribution in [2.75, 3.05) is 7.11 Å². The molecule has 2 saturated carbocycles. The van der Waals surface area contributed by atoms with Crippen molar-refractivity contribution >= 4 is 0 Å². The second kappa shape index (κ2) is 3.91. The van der Waals surface area contributed by atoms with Gasteiger partial charge in [-0.3, -0.25) is 0 Å². The smallest absolute Gasteiger partial charge is 0.161 e. The van der Waals surface area contributed by atoms with E-state index in [1.165, 1.54) is 19.3 Å². The third-order valence-corrected chi connectivity index (χ3v) is 6.42. The van der Waals surface area contributed by atoms with Crippen molar-refractivity contribution < 1.29 is 9.84 Å². The summed E-state index contributed by atoms with van der Waals surface area (Å²) < 4.78 is 5.26. The van der Waals surface area contributed by atoms with E-state index in [1.54, 1.807) is 7.11 Å². The van der Waals surface area contributed by atoms with Gasteiger partial charge in [0.15, 0.2) is 11.5 Å². The molecule has 0 aromatic heterocycles. The first-order valence-electron chi connectivity index (χ1n) is 7.27. The summed E-state index contributed by atoms with van der Waals surface area (Å²) in [5.74, 6) is 2.19. The van der Waals surface area contributed by atoms with E-state index in [2.05, 4.69) is 26.8 Å². The van der Waals surface area contributed by atoms with Gasteiger partial charge < -0.3 is 9.84 Å². The second-order valence-corrected chi connectivity index (χ2v) is 7.06. The van der Waals surface area contributed by atoms with E-state index in [0.717, 1.165) is 11.5 Å². The fourth-order valence-electron chi connectivity index (χ4n) is 4.66. The van der Waals surface area contributed by atoms with Gasteiger partial charge in [0.1, 0.15) is 0 Å². The summed E-state index contributed by atoms with van der Waals surface area (Å²) in [7, 11) is 1.62. The van der Waals surface area contributed by atoms with Crippen LogP contribution in [-0.4, -0.2) is 12.2 Å². The molecular weight excluding hydrogens is 236 g/mol. The van der Waals surface area contributed by atoms with Gasteiger partial charge in [0.2, 0.25) is 0 Å². The Morgan fingerprint density at radius 1 is 1.26 bits per heavy atom. The molecule has 2 aliphatic carbocycles. The summed E-state index contributed by atoms with van der Waals surface area (Å²) in [6.07, 6.45) is 3.81. The Hall–Kier alpha value is -1.18. The van der Waals surface area contributed by atoms with Gasteiger partial charge in [-0.1, -0.05) is 32.9 Å². The molecule has 2 fully saturated rings. The third-order valence-electron chi connectivity index (χ3n) is 6.42. The average Bonchev–Trinajstić information content (AvgIpc) is 2.71. The van der Waals surface area contributed by atoms with Gasteiger partial charge in [0.25, 0.3) is 0 Å². The van der Waals surface area contributed by atoms with Crippen molar-refractivity contribution in [3.05, 3.63) is 23.8 Å². The molecule has 1 N–H and O–H groups in total. The number of phenols is 1. The molecule has 0 saturated heterocycles. The van der Waals surface area contributed by atoms with Crippen molar-refractivity contribution in [2.45, 2.75) is 46.0 Å². The van der Waals surface area contributed by atoms with Crippen LogP contribution in [0.3, 0.4) is 0 Å². The van der Waals surface area contributed by atoms with Crippen molar-refractivity contribution in [1.82, 2.24) is 0 Å². The van der Waals surface area contributed by atoms with Crippen molar-refractivity contribution in [3.8, 4) is 11.5 Å². The minimum Gasteiger partial charge on any atom is -0.504 e. The molecule has 1 aromatic rings. The van der Waals surface area contributed by atoms with Crippen LogP contribution in [0.15, 0.2) is 18.2 Å². The molecule has 2 bridgehead atoms. The van der Waals surface area contributed by atoms with Gasteiger partial charge in [-0.25, -0.2) is 0 Å². The molecule has 3 rings (SSSR count). The number of ether oxygens (including phenoxy) is 1. The topological polar surface area (TPSA) is 29.5 Å². The monoisotopic (exact) mass is 260 g/mol. The van der Waals surface area contributed by atoms with Crippen LogP contribution in [-0.2, 0) is 0 Å². The zero-order valence-electron chi connectivity index (χ0n) is 12.4. The van der Waals surface area contributed by atoms with E-state index >= 15 is 0 Å². The van der Waals surface area contributed by atoms with Crippen LogP contribution in [0.4, 0.5) is 0 Å². The lowest BCUT2D eigenvalue weighted by atomic mass is 9.65. The van der Waals surface area contributed by atoms with Crippen LogP contribution in [0.1, 0.15) is 51.5 Å². The lowest BCUT2D eigenvalue weighted by molar-refractivity contribution is 0.133. The number of hydrogen-bond donors (Lipinski definition) is 1. The van der Waals surface area contributed by atoms with E-state index < -0.39 is 0 Å². The molecule has 2 nitrogen and oxygen atoms in total. The predicted molar refractivity (Wildman–Crippen MR) is 76.6 cm³/mol. The Morgan fingerprint density at radius 2 is 2.00 bits per heavy atom.